The van der Waals surface area contributed by atoms with Crippen molar-refractivity contribution >= 4 is 5.91 Å². The van der Waals surface area contributed by atoms with Gasteiger partial charge in [0.25, 0.3) is 0 Å². The van der Waals surface area contributed by atoms with Gasteiger partial charge in [-0.25, -0.2) is 9.67 Å². The fourth-order valence-electron chi connectivity index (χ4n) is 3.77. The first-order valence-corrected chi connectivity index (χ1v) is 9.65. The number of amides is 1. The lowest BCUT2D eigenvalue weighted by Crippen LogP contribution is -2.45. The lowest BCUT2D eigenvalue weighted by Gasteiger charge is -2.18. The molecule has 2 aromatic heterocycles. The molecule has 0 spiro atoms. The summed E-state index contributed by atoms with van der Waals surface area (Å²) in [5, 5.41) is 18.8. The first kappa shape index (κ1) is 19.5. The molecule has 0 aliphatic carbocycles. The molecule has 5 rings (SSSR count). The normalized spacial score (nSPS) is 24.8. The van der Waals surface area contributed by atoms with Crippen LogP contribution in [0, 0.1) is 0 Å². The van der Waals surface area contributed by atoms with Crippen molar-refractivity contribution in [1.29, 1.82) is 0 Å². The Labute approximate surface area is 176 Å². The van der Waals surface area contributed by atoms with Crippen molar-refractivity contribution in [2.45, 2.75) is 24.3 Å². The highest BCUT2D eigenvalue weighted by atomic mass is 16.6. The molecule has 162 valence electrons. The van der Waals surface area contributed by atoms with Gasteiger partial charge >= 0.3 is 6.01 Å². The molecular formula is C18H20N8O5. The van der Waals surface area contributed by atoms with Gasteiger partial charge in [0.15, 0.2) is 0 Å². The van der Waals surface area contributed by atoms with E-state index in [-0.39, 0.29) is 42.8 Å². The Morgan fingerprint density at radius 1 is 1.23 bits per heavy atom. The van der Waals surface area contributed by atoms with E-state index in [2.05, 4.69) is 30.9 Å². The van der Waals surface area contributed by atoms with Crippen LogP contribution in [0.4, 0.5) is 0 Å². The number of fused-ring (bicyclic) bond motifs is 1. The number of tetrazole rings is 1. The van der Waals surface area contributed by atoms with Crippen molar-refractivity contribution in [1.82, 2.24) is 40.3 Å². The number of aromatic nitrogens is 7. The van der Waals surface area contributed by atoms with E-state index in [9.17, 15) is 4.79 Å². The molecular weight excluding hydrogens is 408 g/mol. The van der Waals surface area contributed by atoms with E-state index in [0.29, 0.717) is 19.0 Å². The summed E-state index contributed by atoms with van der Waals surface area (Å²) in [7, 11) is 1.47. The highest BCUT2D eigenvalue weighted by Crippen LogP contribution is 2.36. The van der Waals surface area contributed by atoms with Gasteiger partial charge in [-0.3, -0.25) is 4.79 Å². The van der Waals surface area contributed by atoms with Crippen molar-refractivity contribution in [3.63, 3.8) is 0 Å². The fraction of sp³-hybridized carbons (Fsp3) is 0.444. The Bertz CT molecular complexity index is 1020. The quantitative estimate of drug-likeness (QED) is 0.524. The van der Waals surface area contributed by atoms with E-state index in [1.165, 1.54) is 13.4 Å². The van der Waals surface area contributed by atoms with Crippen LogP contribution in [0.3, 0.4) is 0 Å². The first-order chi connectivity index (χ1) is 15.2. The topological polar surface area (TPSA) is 140 Å². The fourth-order valence-corrected chi connectivity index (χ4v) is 3.77. The van der Waals surface area contributed by atoms with Crippen LogP contribution in [0.2, 0.25) is 0 Å². The summed E-state index contributed by atoms with van der Waals surface area (Å²) in [6.07, 6.45) is 2.46. The van der Waals surface area contributed by atoms with Crippen LogP contribution < -0.4 is 10.1 Å². The predicted octanol–water partition coefficient (Wildman–Crippen LogP) is -0.484. The summed E-state index contributed by atoms with van der Waals surface area (Å²) in [5.74, 6) is 0.344. The second-order valence-electron chi connectivity index (χ2n) is 7.11. The van der Waals surface area contributed by atoms with E-state index >= 15 is 0 Å². The van der Waals surface area contributed by atoms with Crippen molar-refractivity contribution in [3.05, 3.63) is 36.9 Å². The maximum Gasteiger partial charge on any atom is 0.341 e. The molecule has 13 heteroatoms. The van der Waals surface area contributed by atoms with Crippen LogP contribution in [0.15, 0.2) is 36.9 Å². The Morgan fingerprint density at radius 3 is 2.84 bits per heavy atom. The van der Waals surface area contributed by atoms with Gasteiger partial charge in [0.2, 0.25) is 5.91 Å². The number of nitrogens with zero attached hydrogens (tertiary/aromatic N) is 7. The Hall–Kier alpha value is -3.42. The van der Waals surface area contributed by atoms with Crippen LogP contribution in [-0.2, 0) is 19.0 Å². The first-order valence-electron chi connectivity index (χ1n) is 9.65. The molecule has 31 heavy (non-hydrogen) atoms. The van der Waals surface area contributed by atoms with Gasteiger partial charge in [-0.15, -0.1) is 0 Å². The molecule has 4 atom stereocenters. The van der Waals surface area contributed by atoms with Gasteiger partial charge < -0.3 is 24.3 Å². The summed E-state index contributed by atoms with van der Waals surface area (Å²) in [4.78, 5) is 15.8. The van der Waals surface area contributed by atoms with Crippen molar-refractivity contribution in [2.75, 3.05) is 26.9 Å². The van der Waals surface area contributed by atoms with Gasteiger partial charge in [0.1, 0.15) is 43.3 Å². The molecule has 2 fully saturated rings. The number of nitrogens with one attached hydrogen (secondary N) is 1. The Morgan fingerprint density at radius 2 is 2.06 bits per heavy atom. The monoisotopic (exact) mass is 428 g/mol. The number of hydrogen-bond acceptors (Lipinski definition) is 10. The van der Waals surface area contributed by atoms with Crippen LogP contribution >= 0.6 is 0 Å². The van der Waals surface area contributed by atoms with Gasteiger partial charge in [-0.2, -0.15) is 9.78 Å². The predicted molar refractivity (Wildman–Crippen MR) is 102 cm³/mol. The van der Waals surface area contributed by atoms with Crippen molar-refractivity contribution in [2.24, 2.45) is 0 Å². The summed E-state index contributed by atoms with van der Waals surface area (Å²) in [6, 6.07) is 6.95. The number of carbonyl (C=O) groups is 1. The molecule has 2 aliphatic rings. The third-order valence-corrected chi connectivity index (χ3v) is 5.15. The average Bonchev–Trinajstić information content (AvgIpc) is 3.55. The minimum absolute atomic E-state index is 0.0159. The molecule has 0 radical (unpaired) electrons. The Kier molecular flexibility index (Phi) is 5.28. The third-order valence-electron chi connectivity index (χ3n) is 5.15. The minimum atomic E-state index is -0.312. The van der Waals surface area contributed by atoms with Crippen LogP contribution in [0.25, 0.3) is 5.69 Å². The zero-order chi connectivity index (χ0) is 21.2. The molecule has 13 nitrogen and oxygen atoms in total. The maximum atomic E-state index is 11.8. The maximum absolute atomic E-state index is 11.8. The molecule has 2 aliphatic heterocycles. The number of rotatable bonds is 7. The second kappa shape index (κ2) is 8.37. The largest absolute Gasteiger partial charge is 0.423 e. The number of methoxy groups -OCH3 is 1. The van der Waals surface area contributed by atoms with E-state index < -0.39 is 0 Å². The highest BCUT2D eigenvalue weighted by molar-refractivity contribution is 5.77. The standard InChI is InChI=1S/C18H20N8O5/c1-28-8-15(27)21-13-6-29-17-14(7-30-16(13)17)26-18(22-23-24-26)31-12-4-2-11(3-5-12)25-10-19-9-20-25/h2-5,9-10,13-14,16-17H,6-8H2,1H3,(H,21,27)/t13-,14-,16+,17+/m0/s1. The van der Waals surface area contributed by atoms with Gasteiger partial charge in [0, 0.05) is 7.11 Å². The molecule has 4 heterocycles. The molecule has 1 aromatic carbocycles. The summed E-state index contributed by atoms with van der Waals surface area (Å²) < 4.78 is 25.7. The molecule has 0 saturated carbocycles. The molecule has 0 unspecified atom stereocenters. The van der Waals surface area contributed by atoms with E-state index in [4.69, 9.17) is 18.9 Å². The van der Waals surface area contributed by atoms with Crippen LogP contribution in [0.5, 0.6) is 11.8 Å². The van der Waals surface area contributed by atoms with Crippen molar-refractivity contribution < 1.29 is 23.7 Å². The Balaban J connectivity index is 1.27. The molecule has 1 N–H and O–H groups in total. The lowest BCUT2D eigenvalue weighted by atomic mass is 10.1. The molecule has 2 saturated heterocycles. The lowest BCUT2D eigenvalue weighted by molar-refractivity contribution is -0.126. The van der Waals surface area contributed by atoms with Gasteiger partial charge in [-0.05, 0) is 34.7 Å². The highest BCUT2D eigenvalue weighted by Gasteiger charge is 2.50. The van der Waals surface area contributed by atoms with E-state index in [0.717, 1.165) is 5.69 Å². The van der Waals surface area contributed by atoms with Gasteiger partial charge in [-0.1, -0.05) is 5.10 Å². The molecule has 0 bridgehead atoms. The number of hydrogen-bond donors (Lipinski definition) is 1. The summed E-state index contributed by atoms with van der Waals surface area (Å²) in [6.45, 7) is 0.653. The van der Waals surface area contributed by atoms with Crippen LogP contribution in [-0.4, -0.2) is 86.1 Å². The number of carbonyl (C=O) groups excluding carboxylic acids is 1. The number of benzene rings is 1. The summed E-state index contributed by atoms with van der Waals surface area (Å²) in [5.41, 5.74) is 0.845. The minimum Gasteiger partial charge on any atom is -0.423 e. The van der Waals surface area contributed by atoms with E-state index in [1.807, 2.05) is 12.1 Å². The average molecular weight is 428 g/mol. The van der Waals surface area contributed by atoms with Crippen LogP contribution in [0.1, 0.15) is 6.04 Å². The molecule has 1 amide bonds. The SMILES string of the molecule is COCC(=O)N[C@H]1CO[C@H]2[C@@H]1OC[C@@H]2n1nnnc1Oc1ccc(-n2cncn2)cc1. The molecule has 3 aromatic rings. The second-order valence-corrected chi connectivity index (χ2v) is 7.11. The number of ether oxygens (including phenoxy) is 4. The van der Waals surface area contributed by atoms with Crippen molar-refractivity contribution in [3.8, 4) is 17.4 Å². The smallest absolute Gasteiger partial charge is 0.341 e. The third kappa shape index (κ3) is 3.85. The zero-order valence-corrected chi connectivity index (χ0v) is 16.6. The van der Waals surface area contributed by atoms with E-state index in [1.54, 1.807) is 27.8 Å². The zero-order valence-electron chi connectivity index (χ0n) is 16.6. The van der Waals surface area contributed by atoms with Gasteiger partial charge in [0.05, 0.1) is 24.9 Å². The summed E-state index contributed by atoms with van der Waals surface area (Å²) >= 11 is 0.